The second-order valence-corrected chi connectivity index (χ2v) is 6.18. The van der Waals surface area contributed by atoms with Crippen LogP contribution in [0.2, 0.25) is 0 Å². The molecule has 0 heterocycles. The number of likely N-dealkylation sites (N-methyl/N-ethyl adjacent to an activating group) is 1. The number of carbonyl (C=O) groups is 1. The van der Waals surface area contributed by atoms with Crippen molar-refractivity contribution in [1.82, 2.24) is 4.90 Å². The molecule has 120 valence electrons. The van der Waals surface area contributed by atoms with Crippen LogP contribution in [0.25, 0.3) is 0 Å². The number of hydrogen-bond donors (Lipinski definition) is 1. The zero-order valence-corrected chi connectivity index (χ0v) is 13.5. The minimum absolute atomic E-state index is 0.125. The highest BCUT2D eigenvalue weighted by Crippen LogP contribution is 2.34. The molecular formula is C19H21FN2O. The number of amides is 1. The van der Waals surface area contributed by atoms with E-state index in [2.05, 4.69) is 28.4 Å². The number of carbonyl (C=O) groups excluding carboxylic acids is 1. The van der Waals surface area contributed by atoms with Gasteiger partial charge in [-0.2, -0.15) is 0 Å². The van der Waals surface area contributed by atoms with Crippen molar-refractivity contribution in [2.45, 2.75) is 25.8 Å². The highest BCUT2D eigenvalue weighted by molar-refractivity contribution is 5.92. The first-order valence-electron chi connectivity index (χ1n) is 7.88. The maximum Gasteiger partial charge on any atom is 0.238 e. The van der Waals surface area contributed by atoms with E-state index in [9.17, 15) is 9.18 Å². The molecule has 1 amide bonds. The van der Waals surface area contributed by atoms with Crippen molar-refractivity contribution >= 4 is 11.6 Å². The van der Waals surface area contributed by atoms with Gasteiger partial charge in [-0.25, -0.2) is 4.39 Å². The first-order valence-corrected chi connectivity index (χ1v) is 7.88. The summed E-state index contributed by atoms with van der Waals surface area (Å²) in [5.41, 5.74) is 3.75. The van der Waals surface area contributed by atoms with E-state index in [-0.39, 0.29) is 24.3 Å². The van der Waals surface area contributed by atoms with Gasteiger partial charge in [-0.15, -0.1) is 0 Å². The summed E-state index contributed by atoms with van der Waals surface area (Å²) in [5.74, 6) is -0.430. The Morgan fingerprint density at radius 3 is 2.87 bits per heavy atom. The van der Waals surface area contributed by atoms with Crippen LogP contribution in [0.15, 0.2) is 42.5 Å². The Labute approximate surface area is 136 Å². The molecule has 1 aliphatic rings. The zero-order valence-electron chi connectivity index (χ0n) is 13.5. The first kappa shape index (κ1) is 15.7. The summed E-state index contributed by atoms with van der Waals surface area (Å²) in [6.07, 6.45) is 2.08. The molecule has 1 unspecified atom stereocenters. The Bertz CT molecular complexity index is 729. The van der Waals surface area contributed by atoms with Crippen LogP contribution in [0.1, 0.15) is 29.2 Å². The number of fused-ring (bicyclic) bond motifs is 1. The largest absolute Gasteiger partial charge is 0.325 e. The number of halogens is 1. The third kappa shape index (κ3) is 3.42. The first-order chi connectivity index (χ1) is 11.0. The summed E-state index contributed by atoms with van der Waals surface area (Å²) in [6, 6.07) is 13.4. The number of nitrogens with one attached hydrogen (secondary N) is 1. The van der Waals surface area contributed by atoms with Crippen molar-refractivity contribution < 1.29 is 9.18 Å². The van der Waals surface area contributed by atoms with Crippen molar-refractivity contribution in [2.75, 3.05) is 18.9 Å². The summed E-state index contributed by atoms with van der Waals surface area (Å²) in [5, 5.41) is 2.77. The van der Waals surface area contributed by atoms with Crippen molar-refractivity contribution in [1.29, 1.82) is 0 Å². The summed E-state index contributed by atoms with van der Waals surface area (Å²) in [6.45, 7) is 1.99. The molecule has 0 radical (unpaired) electrons. The van der Waals surface area contributed by atoms with Gasteiger partial charge in [0.1, 0.15) is 5.82 Å². The molecule has 0 aromatic heterocycles. The highest BCUT2D eigenvalue weighted by Gasteiger charge is 2.26. The van der Waals surface area contributed by atoms with Gasteiger partial charge < -0.3 is 5.32 Å². The topological polar surface area (TPSA) is 32.3 Å². The second-order valence-electron chi connectivity index (χ2n) is 6.18. The smallest absolute Gasteiger partial charge is 0.238 e. The van der Waals surface area contributed by atoms with Crippen molar-refractivity contribution in [3.8, 4) is 0 Å². The molecule has 0 aliphatic heterocycles. The lowest BCUT2D eigenvalue weighted by molar-refractivity contribution is -0.117. The van der Waals surface area contributed by atoms with E-state index in [0.717, 1.165) is 12.8 Å². The van der Waals surface area contributed by atoms with Crippen molar-refractivity contribution in [3.63, 3.8) is 0 Å². The molecule has 3 nitrogen and oxygen atoms in total. The average molecular weight is 312 g/mol. The molecule has 3 rings (SSSR count). The number of aryl methyl sites for hydroxylation is 2. The SMILES string of the molecule is Cc1ccc(NC(=O)CN(C)C2CCc3ccccc32)cc1F. The predicted octanol–water partition coefficient (Wildman–Crippen LogP) is 3.69. The molecule has 0 saturated heterocycles. The molecule has 4 heteroatoms. The Morgan fingerprint density at radius 2 is 2.09 bits per heavy atom. The van der Waals surface area contributed by atoms with Crippen molar-refractivity contribution in [3.05, 3.63) is 65.0 Å². The Morgan fingerprint density at radius 1 is 1.30 bits per heavy atom. The van der Waals surface area contributed by atoms with E-state index in [0.29, 0.717) is 11.3 Å². The Hall–Kier alpha value is -2.20. The zero-order chi connectivity index (χ0) is 16.4. The molecule has 2 aromatic carbocycles. The van der Waals surface area contributed by atoms with Gasteiger partial charge in [0.25, 0.3) is 0 Å². The Balaban J connectivity index is 1.63. The van der Waals surface area contributed by atoms with Gasteiger partial charge in [0.2, 0.25) is 5.91 Å². The fourth-order valence-corrected chi connectivity index (χ4v) is 3.20. The minimum atomic E-state index is -0.305. The van der Waals surface area contributed by atoms with Gasteiger partial charge >= 0.3 is 0 Å². The molecule has 0 spiro atoms. The quantitative estimate of drug-likeness (QED) is 0.934. The van der Waals surface area contributed by atoms with Crippen molar-refractivity contribution in [2.24, 2.45) is 0 Å². The number of rotatable bonds is 4. The number of hydrogen-bond acceptors (Lipinski definition) is 2. The molecule has 1 atom stereocenters. The van der Waals surface area contributed by atoms with Gasteiger partial charge in [0.15, 0.2) is 0 Å². The third-order valence-corrected chi connectivity index (χ3v) is 4.48. The van der Waals surface area contributed by atoms with Crippen LogP contribution in [0, 0.1) is 12.7 Å². The number of benzene rings is 2. The molecular weight excluding hydrogens is 291 g/mol. The van der Waals surface area contributed by atoms with Crippen LogP contribution in [-0.4, -0.2) is 24.4 Å². The van der Waals surface area contributed by atoms with Crippen LogP contribution in [0.4, 0.5) is 10.1 Å². The number of anilines is 1. The lowest BCUT2D eigenvalue weighted by Crippen LogP contribution is -2.32. The van der Waals surface area contributed by atoms with E-state index in [1.165, 1.54) is 17.2 Å². The fourth-order valence-electron chi connectivity index (χ4n) is 3.20. The fraction of sp³-hybridized carbons (Fsp3) is 0.316. The maximum atomic E-state index is 13.5. The van der Waals surface area contributed by atoms with Gasteiger partial charge in [-0.1, -0.05) is 30.3 Å². The predicted molar refractivity (Wildman–Crippen MR) is 89.9 cm³/mol. The van der Waals surface area contributed by atoms with Crippen LogP contribution in [-0.2, 0) is 11.2 Å². The third-order valence-electron chi connectivity index (χ3n) is 4.48. The molecule has 2 aromatic rings. The van der Waals surface area contributed by atoms with E-state index in [4.69, 9.17) is 0 Å². The molecule has 1 N–H and O–H groups in total. The summed E-state index contributed by atoms with van der Waals surface area (Å²) in [4.78, 5) is 14.3. The normalized spacial score (nSPS) is 16.4. The second kappa shape index (κ2) is 6.50. The standard InChI is InChI=1S/C19H21FN2O/c1-13-7-9-15(11-17(13)20)21-19(23)12-22(2)18-10-8-14-5-3-4-6-16(14)18/h3-7,9,11,18H,8,10,12H2,1-2H3,(H,21,23). The van der Waals surface area contributed by atoms with Crippen LogP contribution >= 0.6 is 0 Å². The van der Waals surface area contributed by atoms with E-state index in [1.807, 2.05) is 13.1 Å². The summed E-state index contributed by atoms with van der Waals surface area (Å²) >= 11 is 0. The minimum Gasteiger partial charge on any atom is -0.325 e. The van der Waals surface area contributed by atoms with Gasteiger partial charge in [0, 0.05) is 11.7 Å². The lowest BCUT2D eigenvalue weighted by atomic mass is 10.1. The molecule has 0 saturated carbocycles. The molecule has 0 bridgehead atoms. The Kier molecular flexibility index (Phi) is 4.44. The molecule has 23 heavy (non-hydrogen) atoms. The van der Waals surface area contributed by atoms with Gasteiger partial charge in [-0.05, 0) is 55.6 Å². The van der Waals surface area contributed by atoms with E-state index >= 15 is 0 Å². The lowest BCUT2D eigenvalue weighted by Gasteiger charge is -2.24. The summed E-state index contributed by atoms with van der Waals surface area (Å²) < 4.78 is 13.5. The van der Waals surface area contributed by atoms with E-state index < -0.39 is 0 Å². The van der Waals surface area contributed by atoms with Crippen LogP contribution in [0.3, 0.4) is 0 Å². The highest BCUT2D eigenvalue weighted by atomic mass is 19.1. The maximum absolute atomic E-state index is 13.5. The molecule has 0 fully saturated rings. The van der Waals surface area contributed by atoms with Crippen LogP contribution in [0.5, 0.6) is 0 Å². The number of nitrogens with zero attached hydrogens (tertiary/aromatic N) is 1. The van der Waals surface area contributed by atoms with Gasteiger partial charge in [0.05, 0.1) is 6.54 Å². The summed E-state index contributed by atoms with van der Waals surface area (Å²) in [7, 11) is 1.96. The van der Waals surface area contributed by atoms with Gasteiger partial charge in [-0.3, -0.25) is 9.69 Å². The van der Waals surface area contributed by atoms with E-state index in [1.54, 1.807) is 19.1 Å². The average Bonchev–Trinajstić information content (AvgIpc) is 2.95. The molecule has 1 aliphatic carbocycles. The van der Waals surface area contributed by atoms with Crippen LogP contribution < -0.4 is 5.32 Å². The monoisotopic (exact) mass is 312 g/mol.